The zero-order valence-corrected chi connectivity index (χ0v) is 10.0. The second-order valence-corrected chi connectivity index (χ2v) is 3.28. The molecule has 4 nitrogen and oxygen atoms in total. The van der Waals surface area contributed by atoms with Crippen LogP contribution >= 0.6 is 15.9 Å². The molecular weight excluding hydrogens is 260 g/mol. The van der Waals surface area contributed by atoms with Gasteiger partial charge in [-0.05, 0) is 31.2 Å². The third-order valence-corrected chi connectivity index (χ3v) is 1.93. The van der Waals surface area contributed by atoms with Gasteiger partial charge in [0.05, 0.1) is 12.1 Å². The van der Waals surface area contributed by atoms with Crippen LogP contribution in [0.3, 0.4) is 0 Å². The van der Waals surface area contributed by atoms with Crippen LogP contribution in [0.25, 0.3) is 0 Å². The van der Waals surface area contributed by atoms with Crippen molar-refractivity contribution in [2.24, 2.45) is 0 Å². The van der Waals surface area contributed by atoms with Gasteiger partial charge >= 0.3 is 6.03 Å². The lowest BCUT2D eigenvalue weighted by Gasteiger charge is -2.06. The van der Waals surface area contributed by atoms with Crippen molar-refractivity contribution in [3.8, 4) is 5.75 Å². The highest BCUT2D eigenvalue weighted by Gasteiger charge is 1.99. The van der Waals surface area contributed by atoms with Crippen molar-refractivity contribution in [3.63, 3.8) is 0 Å². The first-order valence-corrected chi connectivity index (χ1v) is 5.72. The maximum atomic E-state index is 11.1. The second kappa shape index (κ2) is 6.29. The van der Waals surface area contributed by atoms with E-state index >= 15 is 0 Å². The number of ether oxygens (including phenoxy) is 1. The third-order valence-electron chi connectivity index (χ3n) is 1.65. The van der Waals surface area contributed by atoms with Gasteiger partial charge in [0.15, 0.2) is 0 Å². The van der Waals surface area contributed by atoms with Gasteiger partial charge in [0.2, 0.25) is 0 Å². The predicted octanol–water partition coefficient (Wildman–Crippen LogP) is 2.56. The number of carbonyl (C=O) groups is 1. The fourth-order valence-electron chi connectivity index (χ4n) is 1.04. The molecule has 1 rings (SSSR count). The molecule has 82 valence electrons. The monoisotopic (exact) mass is 272 g/mol. The van der Waals surface area contributed by atoms with Gasteiger partial charge in [-0.1, -0.05) is 15.9 Å². The molecule has 0 spiro atoms. The van der Waals surface area contributed by atoms with Crippen LogP contribution in [0.2, 0.25) is 0 Å². The molecule has 2 N–H and O–H groups in total. The maximum Gasteiger partial charge on any atom is 0.319 e. The van der Waals surface area contributed by atoms with Crippen molar-refractivity contribution >= 4 is 27.6 Å². The Morgan fingerprint density at radius 2 is 2.07 bits per heavy atom. The number of urea groups is 1. The molecule has 0 saturated heterocycles. The fraction of sp³-hybridized carbons (Fsp3) is 0.300. The number of amides is 2. The van der Waals surface area contributed by atoms with Crippen molar-refractivity contribution in [1.82, 2.24) is 5.32 Å². The number of hydrogen-bond donors (Lipinski definition) is 2. The van der Waals surface area contributed by atoms with E-state index in [1.165, 1.54) is 0 Å². The van der Waals surface area contributed by atoms with E-state index in [2.05, 4.69) is 26.6 Å². The average Bonchev–Trinajstić information content (AvgIpc) is 2.22. The molecule has 0 aromatic heterocycles. The molecule has 15 heavy (non-hydrogen) atoms. The Balaban J connectivity index is 2.52. The smallest absolute Gasteiger partial charge is 0.319 e. The number of anilines is 1. The van der Waals surface area contributed by atoms with E-state index < -0.39 is 0 Å². The Hall–Kier alpha value is -1.23. The van der Waals surface area contributed by atoms with Crippen LogP contribution in [-0.4, -0.2) is 18.1 Å². The minimum Gasteiger partial charge on any atom is -0.494 e. The molecule has 2 amide bonds. The molecular formula is C10H13BrN2O2. The van der Waals surface area contributed by atoms with Gasteiger partial charge in [-0.25, -0.2) is 4.79 Å². The number of carbonyl (C=O) groups excluding carboxylic acids is 1. The normalized spacial score (nSPS) is 9.47. The number of rotatable bonds is 4. The molecule has 1 aromatic carbocycles. The summed E-state index contributed by atoms with van der Waals surface area (Å²) in [7, 11) is 0. The van der Waals surface area contributed by atoms with Crippen LogP contribution in [0.1, 0.15) is 6.92 Å². The molecule has 0 radical (unpaired) electrons. The van der Waals surface area contributed by atoms with Gasteiger partial charge in [0.25, 0.3) is 0 Å². The maximum absolute atomic E-state index is 11.1. The SMILES string of the molecule is CCOc1ccc(NC(=O)NCBr)cc1. The third kappa shape index (κ3) is 4.20. The molecule has 0 aliphatic heterocycles. The topological polar surface area (TPSA) is 50.4 Å². The standard InChI is InChI=1S/C10H13BrN2O2/c1-2-15-9-5-3-8(4-6-9)13-10(14)12-7-11/h3-6H,2,7H2,1H3,(H2,12,13,14). The van der Waals surface area contributed by atoms with E-state index in [0.29, 0.717) is 12.1 Å². The summed E-state index contributed by atoms with van der Waals surface area (Å²) >= 11 is 3.10. The number of halogens is 1. The van der Waals surface area contributed by atoms with Crippen molar-refractivity contribution in [2.45, 2.75) is 6.92 Å². The predicted molar refractivity (Wildman–Crippen MR) is 63.6 cm³/mol. The molecule has 0 heterocycles. The van der Waals surface area contributed by atoms with Gasteiger partial charge in [-0.2, -0.15) is 0 Å². The highest BCUT2D eigenvalue weighted by Crippen LogP contribution is 2.15. The molecule has 0 unspecified atom stereocenters. The van der Waals surface area contributed by atoms with Gasteiger partial charge in [0, 0.05) is 5.69 Å². The molecule has 0 aliphatic carbocycles. The van der Waals surface area contributed by atoms with Crippen molar-refractivity contribution < 1.29 is 9.53 Å². The number of nitrogens with one attached hydrogen (secondary N) is 2. The molecule has 0 bridgehead atoms. The minimum atomic E-state index is -0.240. The van der Waals surface area contributed by atoms with E-state index in [4.69, 9.17) is 4.74 Å². The van der Waals surface area contributed by atoms with Crippen LogP contribution in [0, 0.1) is 0 Å². The lowest BCUT2D eigenvalue weighted by molar-refractivity contribution is 0.253. The van der Waals surface area contributed by atoms with Crippen LogP contribution in [-0.2, 0) is 0 Å². The molecule has 0 aliphatic rings. The number of alkyl halides is 1. The Kier molecular flexibility index (Phi) is 4.97. The van der Waals surface area contributed by atoms with Gasteiger partial charge in [-0.15, -0.1) is 0 Å². The van der Waals surface area contributed by atoms with Crippen LogP contribution in [0.5, 0.6) is 5.75 Å². The summed E-state index contributed by atoms with van der Waals surface area (Å²) in [4.78, 5) is 11.1. The first-order chi connectivity index (χ1) is 7.26. The quantitative estimate of drug-likeness (QED) is 0.654. The van der Waals surface area contributed by atoms with E-state index in [9.17, 15) is 4.79 Å². The molecule has 5 heteroatoms. The van der Waals surface area contributed by atoms with Crippen molar-refractivity contribution in [2.75, 3.05) is 17.4 Å². The summed E-state index contributed by atoms with van der Waals surface area (Å²) in [6.07, 6.45) is 0. The number of benzene rings is 1. The summed E-state index contributed by atoms with van der Waals surface area (Å²) in [5.74, 6) is 0.795. The summed E-state index contributed by atoms with van der Waals surface area (Å²) in [6, 6.07) is 6.97. The zero-order valence-electron chi connectivity index (χ0n) is 8.42. The Morgan fingerprint density at radius 1 is 1.40 bits per heavy atom. The van der Waals surface area contributed by atoms with E-state index in [1.54, 1.807) is 12.1 Å². The van der Waals surface area contributed by atoms with Crippen LogP contribution < -0.4 is 15.4 Å². The average molecular weight is 273 g/mol. The van der Waals surface area contributed by atoms with E-state index in [-0.39, 0.29) is 6.03 Å². The van der Waals surface area contributed by atoms with Gasteiger partial charge in [0.1, 0.15) is 5.75 Å². The lowest BCUT2D eigenvalue weighted by Crippen LogP contribution is -2.27. The number of hydrogen-bond acceptors (Lipinski definition) is 2. The fourth-order valence-corrected chi connectivity index (χ4v) is 1.29. The summed E-state index contributed by atoms with van der Waals surface area (Å²) in [5.41, 5.74) is 1.16. The van der Waals surface area contributed by atoms with E-state index in [0.717, 1.165) is 11.4 Å². The molecule has 0 saturated carbocycles. The van der Waals surface area contributed by atoms with Crippen molar-refractivity contribution in [3.05, 3.63) is 24.3 Å². The highest BCUT2D eigenvalue weighted by molar-refractivity contribution is 9.09. The summed E-state index contributed by atoms with van der Waals surface area (Å²) in [5, 5.41) is 5.25. The Morgan fingerprint density at radius 3 is 2.60 bits per heavy atom. The molecule has 0 fully saturated rings. The van der Waals surface area contributed by atoms with Gasteiger partial charge in [-0.3, -0.25) is 0 Å². The lowest BCUT2D eigenvalue weighted by atomic mass is 10.3. The Bertz CT molecular complexity index is 314. The first-order valence-electron chi connectivity index (χ1n) is 4.60. The van der Waals surface area contributed by atoms with Crippen LogP contribution in [0.4, 0.5) is 10.5 Å². The Labute approximate surface area is 97.1 Å². The van der Waals surface area contributed by atoms with Gasteiger partial charge < -0.3 is 15.4 Å². The van der Waals surface area contributed by atoms with E-state index in [1.807, 2.05) is 19.1 Å². The zero-order chi connectivity index (χ0) is 11.1. The molecule has 1 aromatic rings. The summed E-state index contributed by atoms with van der Waals surface area (Å²) in [6.45, 7) is 2.56. The first kappa shape index (κ1) is 11.8. The second-order valence-electron chi connectivity index (χ2n) is 2.72. The largest absolute Gasteiger partial charge is 0.494 e. The van der Waals surface area contributed by atoms with Crippen LogP contribution in [0.15, 0.2) is 24.3 Å². The van der Waals surface area contributed by atoms with Crippen molar-refractivity contribution in [1.29, 1.82) is 0 Å². The highest BCUT2D eigenvalue weighted by atomic mass is 79.9. The summed E-state index contributed by atoms with van der Waals surface area (Å²) < 4.78 is 5.28. The minimum absolute atomic E-state index is 0.240. The molecule has 0 atom stereocenters.